The summed E-state index contributed by atoms with van der Waals surface area (Å²) in [6, 6.07) is 8.91. The van der Waals surface area contributed by atoms with Gasteiger partial charge >= 0.3 is 0 Å². The van der Waals surface area contributed by atoms with E-state index in [1.807, 2.05) is 12.1 Å². The molecule has 2 unspecified atom stereocenters. The van der Waals surface area contributed by atoms with E-state index in [1.54, 1.807) is 0 Å². The van der Waals surface area contributed by atoms with Gasteiger partial charge in [-0.05, 0) is 31.0 Å². The Morgan fingerprint density at radius 3 is 2.75 bits per heavy atom. The van der Waals surface area contributed by atoms with Crippen LogP contribution < -0.4 is 5.32 Å². The first-order chi connectivity index (χ1) is 7.83. The molecule has 2 heteroatoms. The predicted molar refractivity (Wildman–Crippen MR) is 70.1 cm³/mol. The Labute approximate surface area is 103 Å². The quantitative estimate of drug-likeness (QED) is 0.839. The molecule has 0 saturated heterocycles. The first-order valence-electron chi connectivity index (χ1n) is 6.30. The lowest BCUT2D eigenvalue weighted by Crippen LogP contribution is -2.37. The van der Waals surface area contributed by atoms with Gasteiger partial charge in [0, 0.05) is 17.0 Å². The minimum absolute atomic E-state index is 0.599. The molecule has 16 heavy (non-hydrogen) atoms. The van der Waals surface area contributed by atoms with Gasteiger partial charge in [-0.2, -0.15) is 0 Å². The number of nitrogens with one attached hydrogen (secondary N) is 1. The first-order valence-corrected chi connectivity index (χ1v) is 6.68. The van der Waals surface area contributed by atoms with Gasteiger partial charge in [-0.15, -0.1) is 0 Å². The number of benzene rings is 1. The van der Waals surface area contributed by atoms with Gasteiger partial charge in [-0.1, -0.05) is 49.6 Å². The molecule has 1 aromatic carbocycles. The highest BCUT2D eigenvalue weighted by molar-refractivity contribution is 6.31. The Morgan fingerprint density at radius 2 is 2.00 bits per heavy atom. The van der Waals surface area contributed by atoms with Crippen LogP contribution in [0.3, 0.4) is 0 Å². The molecule has 1 nitrogen and oxygen atoms in total. The normalized spacial score (nSPS) is 25.6. The van der Waals surface area contributed by atoms with E-state index in [9.17, 15) is 0 Å². The topological polar surface area (TPSA) is 12.0 Å². The summed E-state index contributed by atoms with van der Waals surface area (Å²) in [4.78, 5) is 0. The first kappa shape index (κ1) is 11.9. The van der Waals surface area contributed by atoms with Gasteiger partial charge in [0.05, 0.1) is 0 Å². The molecule has 0 aromatic heterocycles. The van der Waals surface area contributed by atoms with Crippen LogP contribution in [-0.2, 0) is 0 Å². The van der Waals surface area contributed by atoms with Gasteiger partial charge < -0.3 is 5.32 Å². The Kier molecular flexibility index (Phi) is 4.25. The van der Waals surface area contributed by atoms with Crippen LogP contribution in [-0.4, -0.2) is 12.6 Å². The SMILES string of the molecule is CCNC1CCCCC1c1ccccc1Cl. The van der Waals surface area contributed by atoms with Crippen molar-refractivity contribution in [3.63, 3.8) is 0 Å². The number of hydrogen-bond acceptors (Lipinski definition) is 1. The number of likely N-dealkylation sites (N-methyl/N-ethyl adjacent to an activating group) is 1. The maximum atomic E-state index is 6.30. The lowest BCUT2D eigenvalue weighted by molar-refractivity contribution is 0.332. The van der Waals surface area contributed by atoms with Crippen LogP contribution in [0.25, 0.3) is 0 Å². The zero-order chi connectivity index (χ0) is 11.4. The van der Waals surface area contributed by atoms with Gasteiger partial charge in [0.1, 0.15) is 0 Å². The second kappa shape index (κ2) is 5.70. The van der Waals surface area contributed by atoms with Gasteiger partial charge in [-0.3, -0.25) is 0 Å². The maximum absolute atomic E-state index is 6.30. The molecule has 0 amide bonds. The van der Waals surface area contributed by atoms with Crippen molar-refractivity contribution in [1.29, 1.82) is 0 Å². The summed E-state index contributed by atoms with van der Waals surface area (Å²) in [6.07, 6.45) is 5.22. The fraction of sp³-hybridized carbons (Fsp3) is 0.571. The van der Waals surface area contributed by atoms with Gasteiger partial charge in [0.15, 0.2) is 0 Å². The summed E-state index contributed by atoms with van der Waals surface area (Å²) in [5.41, 5.74) is 1.33. The van der Waals surface area contributed by atoms with Crippen molar-refractivity contribution in [3.8, 4) is 0 Å². The largest absolute Gasteiger partial charge is 0.314 e. The third kappa shape index (κ3) is 2.58. The average Bonchev–Trinajstić information content (AvgIpc) is 2.31. The van der Waals surface area contributed by atoms with Crippen LogP contribution in [0.5, 0.6) is 0 Å². The predicted octanol–water partition coefficient (Wildman–Crippen LogP) is 3.98. The van der Waals surface area contributed by atoms with Crippen molar-refractivity contribution < 1.29 is 0 Å². The average molecular weight is 238 g/mol. The highest BCUT2D eigenvalue weighted by Gasteiger charge is 2.26. The van der Waals surface area contributed by atoms with Crippen molar-refractivity contribution in [2.75, 3.05) is 6.54 Å². The van der Waals surface area contributed by atoms with Crippen LogP contribution in [0.1, 0.15) is 44.1 Å². The van der Waals surface area contributed by atoms with Crippen molar-refractivity contribution in [2.45, 2.75) is 44.6 Å². The summed E-state index contributed by atoms with van der Waals surface area (Å²) >= 11 is 6.30. The summed E-state index contributed by atoms with van der Waals surface area (Å²) < 4.78 is 0. The van der Waals surface area contributed by atoms with E-state index in [-0.39, 0.29) is 0 Å². The van der Waals surface area contributed by atoms with E-state index in [0.717, 1.165) is 11.6 Å². The van der Waals surface area contributed by atoms with Crippen molar-refractivity contribution in [1.82, 2.24) is 5.32 Å². The van der Waals surface area contributed by atoms with E-state index in [2.05, 4.69) is 24.4 Å². The van der Waals surface area contributed by atoms with Crippen LogP contribution in [0.2, 0.25) is 5.02 Å². The van der Waals surface area contributed by atoms with Gasteiger partial charge in [0.25, 0.3) is 0 Å². The summed E-state index contributed by atoms with van der Waals surface area (Å²) in [5, 5.41) is 4.53. The molecule has 1 aliphatic rings. The van der Waals surface area contributed by atoms with Crippen LogP contribution in [0.15, 0.2) is 24.3 Å². The van der Waals surface area contributed by atoms with Crippen LogP contribution >= 0.6 is 11.6 Å². The molecule has 1 aromatic rings. The Morgan fingerprint density at radius 1 is 1.25 bits per heavy atom. The maximum Gasteiger partial charge on any atom is 0.0441 e. The molecule has 0 spiro atoms. The van der Waals surface area contributed by atoms with Crippen molar-refractivity contribution in [3.05, 3.63) is 34.9 Å². The zero-order valence-corrected chi connectivity index (χ0v) is 10.6. The number of hydrogen-bond donors (Lipinski definition) is 1. The molecule has 1 saturated carbocycles. The van der Waals surface area contributed by atoms with E-state index in [0.29, 0.717) is 12.0 Å². The Balaban J connectivity index is 2.19. The highest BCUT2D eigenvalue weighted by atomic mass is 35.5. The lowest BCUT2D eigenvalue weighted by Gasteiger charge is -2.33. The molecule has 88 valence electrons. The van der Waals surface area contributed by atoms with Crippen LogP contribution in [0, 0.1) is 0 Å². The zero-order valence-electron chi connectivity index (χ0n) is 9.88. The molecule has 0 aliphatic heterocycles. The third-order valence-corrected chi connectivity index (χ3v) is 3.88. The molecule has 2 atom stereocenters. The molecule has 1 aliphatic carbocycles. The second-order valence-electron chi connectivity index (χ2n) is 4.58. The van der Waals surface area contributed by atoms with E-state index in [1.165, 1.54) is 31.2 Å². The fourth-order valence-electron chi connectivity index (χ4n) is 2.79. The van der Waals surface area contributed by atoms with E-state index < -0.39 is 0 Å². The van der Waals surface area contributed by atoms with E-state index >= 15 is 0 Å². The smallest absolute Gasteiger partial charge is 0.0441 e. The molecule has 0 radical (unpaired) electrons. The molecular formula is C14H20ClN. The highest BCUT2D eigenvalue weighted by Crippen LogP contribution is 2.36. The fourth-order valence-corrected chi connectivity index (χ4v) is 3.06. The van der Waals surface area contributed by atoms with Crippen LogP contribution in [0.4, 0.5) is 0 Å². The van der Waals surface area contributed by atoms with E-state index in [4.69, 9.17) is 11.6 Å². The Bertz CT molecular complexity index is 335. The molecule has 0 heterocycles. The minimum atomic E-state index is 0.599. The molecule has 2 rings (SSSR count). The summed E-state index contributed by atoms with van der Waals surface area (Å²) in [5.74, 6) is 0.599. The van der Waals surface area contributed by atoms with Gasteiger partial charge in [0.2, 0.25) is 0 Å². The summed E-state index contributed by atoms with van der Waals surface area (Å²) in [7, 11) is 0. The Hall–Kier alpha value is -0.530. The standard InChI is InChI=1S/C14H20ClN/c1-2-16-14-10-6-4-8-12(14)11-7-3-5-9-13(11)15/h3,5,7,9,12,14,16H,2,4,6,8,10H2,1H3. The number of halogens is 1. The molecule has 1 fully saturated rings. The third-order valence-electron chi connectivity index (χ3n) is 3.54. The van der Waals surface area contributed by atoms with Crippen molar-refractivity contribution >= 4 is 11.6 Å². The number of rotatable bonds is 3. The van der Waals surface area contributed by atoms with Gasteiger partial charge in [-0.25, -0.2) is 0 Å². The molecular weight excluding hydrogens is 218 g/mol. The minimum Gasteiger partial charge on any atom is -0.314 e. The molecule has 1 N–H and O–H groups in total. The molecule has 0 bridgehead atoms. The lowest BCUT2D eigenvalue weighted by atomic mass is 9.80. The second-order valence-corrected chi connectivity index (χ2v) is 4.98. The monoisotopic (exact) mass is 237 g/mol. The van der Waals surface area contributed by atoms with Crippen molar-refractivity contribution in [2.24, 2.45) is 0 Å². The summed E-state index contributed by atoms with van der Waals surface area (Å²) in [6.45, 7) is 3.23.